The molecule has 0 bridgehead atoms. The highest BCUT2D eigenvalue weighted by Crippen LogP contribution is 2.16. The Labute approximate surface area is 149 Å². The van der Waals surface area contributed by atoms with Gasteiger partial charge in [0.1, 0.15) is 5.82 Å². The van der Waals surface area contributed by atoms with E-state index in [9.17, 15) is 4.39 Å². The first-order valence-corrected chi connectivity index (χ1v) is 8.55. The molecule has 128 valence electrons. The van der Waals surface area contributed by atoms with Crippen molar-refractivity contribution in [1.29, 1.82) is 0 Å². The Balaban J connectivity index is 1.94. The van der Waals surface area contributed by atoms with Crippen LogP contribution in [-0.4, -0.2) is 30.1 Å². The van der Waals surface area contributed by atoms with E-state index in [1.807, 2.05) is 11.9 Å². The number of anilines is 2. The van der Waals surface area contributed by atoms with Gasteiger partial charge in [0.2, 0.25) is 0 Å². The number of nitrogens with one attached hydrogen (secondary N) is 1. The summed E-state index contributed by atoms with van der Waals surface area (Å²) < 4.78 is 12.9. The number of nitrogens with zero attached hydrogens (tertiary/aromatic N) is 2. The molecule has 0 aliphatic rings. The highest BCUT2D eigenvalue weighted by Gasteiger charge is 2.07. The molecule has 0 atom stereocenters. The van der Waals surface area contributed by atoms with Gasteiger partial charge >= 0.3 is 0 Å². The van der Waals surface area contributed by atoms with Crippen LogP contribution in [0, 0.1) is 5.82 Å². The van der Waals surface area contributed by atoms with Crippen LogP contribution in [0.15, 0.2) is 48.5 Å². The van der Waals surface area contributed by atoms with E-state index in [4.69, 9.17) is 12.2 Å². The van der Waals surface area contributed by atoms with Crippen LogP contribution in [0.3, 0.4) is 0 Å². The van der Waals surface area contributed by atoms with Crippen molar-refractivity contribution >= 4 is 28.7 Å². The van der Waals surface area contributed by atoms with Crippen molar-refractivity contribution in [2.45, 2.75) is 20.4 Å². The van der Waals surface area contributed by atoms with Crippen LogP contribution in [-0.2, 0) is 6.54 Å². The summed E-state index contributed by atoms with van der Waals surface area (Å²) in [6.45, 7) is 7.03. The van der Waals surface area contributed by atoms with Gasteiger partial charge in [-0.05, 0) is 68.0 Å². The maximum Gasteiger partial charge on any atom is 0.173 e. The second-order valence-corrected chi connectivity index (χ2v) is 6.02. The molecule has 0 unspecified atom stereocenters. The van der Waals surface area contributed by atoms with Crippen molar-refractivity contribution in [3.8, 4) is 0 Å². The Bertz CT molecular complexity index is 651. The van der Waals surface area contributed by atoms with E-state index in [1.54, 1.807) is 12.1 Å². The number of hydrogen-bond donors (Lipinski definition) is 1. The van der Waals surface area contributed by atoms with Crippen molar-refractivity contribution in [2.24, 2.45) is 0 Å². The predicted octanol–water partition coefficient (Wildman–Crippen LogP) is 4.50. The molecule has 5 heteroatoms. The SMILES string of the molecule is CCN(CC)c1ccc(CN(C)C(=S)Nc2ccc(F)cc2)cc1. The van der Waals surface area contributed by atoms with Gasteiger partial charge in [-0.3, -0.25) is 0 Å². The summed E-state index contributed by atoms with van der Waals surface area (Å²) >= 11 is 5.41. The van der Waals surface area contributed by atoms with E-state index in [0.29, 0.717) is 11.7 Å². The van der Waals surface area contributed by atoms with Gasteiger partial charge in [-0.25, -0.2) is 4.39 Å². The molecule has 2 aromatic carbocycles. The predicted molar refractivity (Wildman–Crippen MR) is 104 cm³/mol. The standard InChI is InChI=1S/C19H24FN3S/c1-4-23(5-2)18-12-6-15(7-13-18)14-22(3)19(24)21-17-10-8-16(20)9-11-17/h6-13H,4-5,14H2,1-3H3,(H,21,24). The third-order valence-corrected chi connectivity index (χ3v) is 4.34. The maximum atomic E-state index is 12.9. The summed E-state index contributed by atoms with van der Waals surface area (Å²) in [6.07, 6.45) is 0. The molecule has 0 aliphatic heterocycles. The van der Waals surface area contributed by atoms with Gasteiger partial charge in [-0.2, -0.15) is 0 Å². The zero-order chi connectivity index (χ0) is 17.5. The van der Waals surface area contributed by atoms with Gasteiger partial charge < -0.3 is 15.1 Å². The third-order valence-electron chi connectivity index (χ3n) is 3.93. The lowest BCUT2D eigenvalue weighted by Crippen LogP contribution is -2.30. The Morgan fingerprint density at radius 3 is 2.12 bits per heavy atom. The average molecular weight is 345 g/mol. The van der Waals surface area contributed by atoms with Crippen LogP contribution >= 0.6 is 12.2 Å². The number of hydrogen-bond acceptors (Lipinski definition) is 2. The molecule has 1 N–H and O–H groups in total. The molecule has 2 aromatic rings. The van der Waals surface area contributed by atoms with Crippen LogP contribution in [0.5, 0.6) is 0 Å². The smallest absolute Gasteiger partial charge is 0.173 e. The molecule has 0 radical (unpaired) electrons. The van der Waals surface area contributed by atoms with E-state index in [0.717, 1.165) is 18.8 Å². The van der Waals surface area contributed by atoms with Crippen LogP contribution in [0.4, 0.5) is 15.8 Å². The summed E-state index contributed by atoms with van der Waals surface area (Å²) in [4.78, 5) is 4.28. The van der Waals surface area contributed by atoms with Crippen molar-refractivity contribution in [1.82, 2.24) is 4.90 Å². The number of thiocarbonyl (C=S) groups is 1. The second kappa shape index (κ2) is 8.64. The van der Waals surface area contributed by atoms with E-state index >= 15 is 0 Å². The zero-order valence-electron chi connectivity index (χ0n) is 14.4. The molecule has 0 amide bonds. The molecule has 0 spiro atoms. The van der Waals surface area contributed by atoms with E-state index in [2.05, 4.69) is 48.3 Å². The van der Waals surface area contributed by atoms with Gasteiger partial charge in [0, 0.05) is 38.1 Å². The van der Waals surface area contributed by atoms with E-state index < -0.39 is 0 Å². The molecule has 0 saturated heterocycles. The molecular weight excluding hydrogens is 321 g/mol. The van der Waals surface area contributed by atoms with Crippen LogP contribution < -0.4 is 10.2 Å². The summed E-state index contributed by atoms with van der Waals surface area (Å²) in [7, 11) is 1.94. The molecule has 0 aliphatic carbocycles. The minimum Gasteiger partial charge on any atom is -0.372 e. The Morgan fingerprint density at radius 1 is 1.00 bits per heavy atom. The van der Waals surface area contributed by atoms with Crippen molar-refractivity contribution in [2.75, 3.05) is 30.4 Å². The quantitative estimate of drug-likeness (QED) is 0.777. The molecular formula is C19H24FN3S. The topological polar surface area (TPSA) is 18.5 Å². The van der Waals surface area contributed by atoms with E-state index in [1.165, 1.54) is 23.4 Å². The van der Waals surface area contributed by atoms with Crippen LogP contribution in [0.25, 0.3) is 0 Å². The van der Waals surface area contributed by atoms with Crippen molar-refractivity contribution < 1.29 is 4.39 Å². The molecule has 3 nitrogen and oxygen atoms in total. The summed E-state index contributed by atoms with van der Waals surface area (Å²) in [6, 6.07) is 14.7. The minimum absolute atomic E-state index is 0.256. The fraction of sp³-hybridized carbons (Fsp3) is 0.316. The first-order valence-electron chi connectivity index (χ1n) is 8.15. The van der Waals surface area contributed by atoms with Crippen LogP contribution in [0.2, 0.25) is 0 Å². The number of rotatable bonds is 6. The van der Waals surface area contributed by atoms with Crippen molar-refractivity contribution in [3.63, 3.8) is 0 Å². The molecule has 24 heavy (non-hydrogen) atoms. The highest BCUT2D eigenvalue weighted by atomic mass is 32.1. The van der Waals surface area contributed by atoms with Crippen LogP contribution in [0.1, 0.15) is 19.4 Å². The molecule has 0 saturated carbocycles. The van der Waals surface area contributed by atoms with Gasteiger partial charge in [0.15, 0.2) is 5.11 Å². The normalized spacial score (nSPS) is 10.3. The average Bonchev–Trinajstić information content (AvgIpc) is 2.59. The van der Waals surface area contributed by atoms with Gasteiger partial charge in [0.05, 0.1) is 0 Å². The Kier molecular flexibility index (Phi) is 6.55. The maximum absolute atomic E-state index is 12.9. The fourth-order valence-electron chi connectivity index (χ4n) is 2.50. The third kappa shape index (κ3) is 4.93. The first-order chi connectivity index (χ1) is 11.5. The monoisotopic (exact) mass is 345 g/mol. The second-order valence-electron chi connectivity index (χ2n) is 5.63. The molecule has 0 heterocycles. The van der Waals surface area contributed by atoms with E-state index in [-0.39, 0.29) is 5.82 Å². The Hall–Kier alpha value is -2.14. The lowest BCUT2D eigenvalue weighted by molar-refractivity contribution is 0.508. The van der Waals surface area contributed by atoms with Gasteiger partial charge in [0.25, 0.3) is 0 Å². The summed E-state index contributed by atoms with van der Waals surface area (Å²) in [5, 5.41) is 3.73. The van der Waals surface area contributed by atoms with Gasteiger partial charge in [-0.15, -0.1) is 0 Å². The lowest BCUT2D eigenvalue weighted by Gasteiger charge is -2.23. The number of halogens is 1. The van der Waals surface area contributed by atoms with Crippen molar-refractivity contribution in [3.05, 3.63) is 59.9 Å². The first kappa shape index (κ1) is 18.2. The minimum atomic E-state index is -0.256. The highest BCUT2D eigenvalue weighted by molar-refractivity contribution is 7.80. The Morgan fingerprint density at radius 2 is 1.58 bits per heavy atom. The molecule has 0 aromatic heterocycles. The molecule has 2 rings (SSSR count). The largest absolute Gasteiger partial charge is 0.372 e. The summed E-state index contributed by atoms with van der Waals surface area (Å²) in [5.74, 6) is -0.256. The van der Waals surface area contributed by atoms with Gasteiger partial charge in [-0.1, -0.05) is 12.1 Å². The number of benzene rings is 2. The fourth-order valence-corrected chi connectivity index (χ4v) is 2.68. The zero-order valence-corrected chi connectivity index (χ0v) is 15.2. The summed E-state index contributed by atoms with van der Waals surface area (Å²) in [5.41, 5.74) is 3.21. The molecule has 0 fully saturated rings. The lowest BCUT2D eigenvalue weighted by atomic mass is 10.2.